The predicted octanol–water partition coefficient (Wildman–Crippen LogP) is 2.90. The zero-order chi connectivity index (χ0) is 15.4. The largest absolute Gasteiger partial charge is 0.488 e. The zero-order valence-corrected chi connectivity index (χ0v) is 12.8. The molecule has 1 aromatic carbocycles. The van der Waals surface area contributed by atoms with Gasteiger partial charge in [0.15, 0.2) is 0 Å². The fourth-order valence-corrected chi connectivity index (χ4v) is 2.86. The molecule has 22 heavy (non-hydrogen) atoms. The van der Waals surface area contributed by atoms with Crippen molar-refractivity contribution in [3.8, 4) is 5.75 Å². The van der Waals surface area contributed by atoms with Crippen LogP contribution in [0.2, 0.25) is 0 Å². The second-order valence-electron chi connectivity index (χ2n) is 6.49. The van der Waals surface area contributed by atoms with Crippen LogP contribution < -0.4 is 15.4 Å². The first-order chi connectivity index (χ1) is 10.7. The third-order valence-electron chi connectivity index (χ3n) is 4.65. The summed E-state index contributed by atoms with van der Waals surface area (Å²) in [6, 6.07) is 7.29. The number of rotatable bonds is 6. The highest BCUT2D eigenvalue weighted by Crippen LogP contribution is 2.44. The van der Waals surface area contributed by atoms with E-state index in [0.29, 0.717) is 12.2 Å². The summed E-state index contributed by atoms with van der Waals surface area (Å²) in [5, 5.41) is 15.0. The summed E-state index contributed by atoms with van der Waals surface area (Å²) < 4.78 is 6.00. The van der Waals surface area contributed by atoms with Crippen molar-refractivity contribution in [2.24, 2.45) is 5.41 Å². The van der Waals surface area contributed by atoms with Gasteiger partial charge in [-0.3, -0.25) is 0 Å². The van der Waals surface area contributed by atoms with Gasteiger partial charge in [-0.25, -0.2) is 4.79 Å². The Morgan fingerprint density at radius 1 is 1.27 bits per heavy atom. The summed E-state index contributed by atoms with van der Waals surface area (Å²) in [5.74, 6) is 0.729. The van der Waals surface area contributed by atoms with E-state index in [1.807, 2.05) is 24.3 Å². The number of hydrogen-bond acceptors (Lipinski definition) is 3. The number of urea groups is 1. The molecule has 5 heteroatoms. The van der Waals surface area contributed by atoms with E-state index in [1.54, 1.807) is 0 Å². The molecule has 0 aromatic heterocycles. The number of carbonyl (C=O) groups excluding carboxylic acids is 1. The van der Waals surface area contributed by atoms with Gasteiger partial charge in [-0.15, -0.1) is 0 Å². The van der Waals surface area contributed by atoms with E-state index in [0.717, 1.165) is 31.4 Å². The Bertz CT molecular complexity index is 522. The molecule has 3 rings (SSSR count). The summed E-state index contributed by atoms with van der Waals surface area (Å²) in [7, 11) is 0. The third kappa shape index (κ3) is 3.71. The quantitative estimate of drug-likeness (QED) is 0.757. The van der Waals surface area contributed by atoms with Gasteiger partial charge in [0.1, 0.15) is 5.75 Å². The van der Waals surface area contributed by atoms with Gasteiger partial charge in [-0.1, -0.05) is 12.1 Å². The summed E-state index contributed by atoms with van der Waals surface area (Å²) in [6.07, 6.45) is 6.80. The second-order valence-corrected chi connectivity index (χ2v) is 6.49. The van der Waals surface area contributed by atoms with Gasteiger partial charge in [0.05, 0.1) is 18.4 Å². The lowest BCUT2D eigenvalue weighted by Crippen LogP contribution is -2.35. The number of aliphatic hydroxyl groups is 1. The molecule has 5 nitrogen and oxygen atoms in total. The Balaban J connectivity index is 1.55. The van der Waals surface area contributed by atoms with Crippen LogP contribution in [0.3, 0.4) is 0 Å². The maximum atomic E-state index is 12.0. The van der Waals surface area contributed by atoms with Gasteiger partial charge in [-0.2, -0.15) is 0 Å². The Labute approximate surface area is 131 Å². The highest BCUT2D eigenvalue weighted by molar-refractivity contribution is 5.90. The van der Waals surface area contributed by atoms with Gasteiger partial charge in [0.2, 0.25) is 0 Å². The van der Waals surface area contributed by atoms with E-state index >= 15 is 0 Å². The van der Waals surface area contributed by atoms with E-state index in [2.05, 4.69) is 10.6 Å². The molecule has 0 spiro atoms. The summed E-state index contributed by atoms with van der Waals surface area (Å²) >= 11 is 0. The fourth-order valence-electron chi connectivity index (χ4n) is 2.86. The molecule has 0 heterocycles. The van der Waals surface area contributed by atoms with Crippen molar-refractivity contribution in [2.45, 2.75) is 44.6 Å². The number of anilines is 1. The molecule has 0 bridgehead atoms. The minimum Gasteiger partial charge on any atom is -0.488 e. The monoisotopic (exact) mass is 304 g/mol. The molecule has 2 aliphatic carbocycles. The average Bonchev–Trinajstić information content (AvgIpc) is 3.14. The molecule has 0 radical (unpaired) electrons. The number of aliphatic hydroxyl groups excluding tert-OH is 1. The Hall–Kier alpha value is -1.75. The molecule has 2 amide bonds. The predicted molar refractivity (Wildman–Crippen MR) is 85.1 cm³/mol. The van der Waals surface area contributed by atoms with Crippen LogP contribution in [0.5, 0.6) is 5.75 Å². The fraction of sp³-hybridized carbons (Fsp3) is 0.588. The van der Waals surface area contributed by atoms with Crippen molar-refractivity contribution in [2.75, 3.05) is 18.5 Å². The van der Waals surface area contributed by atoms with Crippen LogP contribution in [-0.2, 0) is 0 Å². The van der Waals surface area contributed by atoms with Crippen molar-refractivity contribution >= 4 is 11.7 Å². The van der Waals surface area contributed by atoms with Gasteiger partial charge in [0.25, 0.3) is 0 Å². The lowest BCUT2D eigenvalue weighted by molar-refractivity contribution is 0.205. The van der Waals surface area contributed by atoms with Crippen molar-refractivity contribution < 1.29 is 14.6 Å². The van der Waals surface area contributed by atoms with Crippen molar-refractivity contribution in [3.05, 3.63) is 24.3 Å². The number of hydrogen-bond donors (Lipinski definition) is 3. The highest BCUT2D eigenvalue weighted by Gasteiger charge is 2.42. The van der Waals surface area contributed by atoms with Crippen molar-refractivity contribution in [1.29, 1.82) is 0 Å². The number of ether oxygens (including phenoxy) is 1. The molecule has 2 aliphatic rings. The lowest BCUT2D eigenvalue weighted by Gasteiger charge is -2.18. The van der Waals surface area contributed by atoms with Crippen molar-refractivity contribution in [3.63, 3.8) is 0 Å². The molecule has 0 unspecified atom stereocenters. The van der Waals surface area contributed by atoms with Crippen molar-refractivity contribution in [1.82, 2.24) is 5.32 Å². The Kier molecular flexibility index (Phi) is 4.52. The van der Waals surface area contributed by atoms with Crippen LogP contribution in [0.4, 0.5) is 10.5 Å². The molecule has 0 saturated heterocycles. The van der Waals surface area contributed by atoms with Gasteiger partial charge in [-0.05, 0) is 50.7 Å². The summed E-state index contributed by atoms with van der Waals surface area (Å²) in [4.78, 5) is 12.0. The number of para-hydroxylation sites is 2. The van der Waals surface area contributed by atoms with E-state index in [1.165, 1.54) is 12.8 Å². The summed E-state index contributed by atoms with van der Waals surface area (Å²) in [6.45, 7) is 0.648. The summed E-state index contributed by atoms with van der Waals surface area (Å²) in [5.41, 5.74) is 0.609. The van der Waals surface area contributed by atoms with Gasteiger partial charge >= 0.3 is 6.03 Å². The normalized spacial score (nSPS) is 19.7. The van der Waals surface area contributed by atoms with Crippen LogP contribution in [-0.4, -0.2) is 30.4 Å². The molecule has 2 fully saturated rings. The number of nitrogens with one attached hydrogen (secondary N) is 2. The Morgan fingerprint density at radius 2 is 2.00 bits per heavy atom. The first-order valence-electron chi connectivity index (χ1n) is 8.12. The minimum absolute atomic E-state index is 0.0861. The van der Waals surface area contributed by atoms with E-state index in [4.69, 9.17) is 4.74 Å². The SMILES string of the molecule is O=C(NCC1(CO)CC1)Nc1ccccc1OC1CCCC1. The molecular weight excluding hydrogens is 280 g/mol. The molecule has 0 aliphatic heterocycles. The average molecular weight is 304 g/mol. The van der Waals surface area contributed by atoms with E-state index in [9.17, 15) is 9.90 Å². The lowest BCUT2D eigenvalue weighted by atomic mass is 10.1. The molecule has 2 saturated carbocycles. The van der Waals surface area contributed by atoms with E-state index in [-0.39, 0.29) is 24.2 Å². The van der Waals surface area contributed by atoms with Crippen LogP contribution in [0.1, 0.15) is 38.5 Å². The number of carbonyl (C=O) groups is 1. The minimum atomic E-state index is -0.248. The number of benzene rings is 1. The zero-order valence-electron chi connectivity index (χ0n) is 12.8. The van der Waals surface area contributed by atoms with Crippen LogP contribution in [0, 0.1) is 5.41 Å². The maximum absolute atomic E-state index is 12.0. The smallest absolute Gasteiger partial charge is 0.319 e. The second kappa shape index (κ2) is 6.57. The van der Waals surface area contributed by atoms with E-state index < -0.39 is 0 Å². The first-order valence-corrected chi connectivity index (χ1v) is 8.12. The highest BCUT2D eigenvalue weighted by atomic mass is 16.5. The third-order valence-corrected chi connectivity index (χ3v) is 4.65. The van der Waals surface area contributed by atoms with Crippen LogP contribution in [0.25, 0.3) is 0 Å². The first kappa shape index (κ1) is 15.2. The van der Waals surface area contributed by atoms with Crippen LogP contribution in [0.15, 0.2) is 24.3 Å². The van der Waals surface area contributed by atoms with Crippen LogP contribution >= 0.6 is 0 Å². The topological polar surface area (TPSA) is 70.6 Å². The molecule has 1 aromatic rings. The maximum Gasteiger partial charge on any atom is 0.319 e. The Morgan fingerprint density at radius 3 is 2.68 bits per heavy atom. The van der Waals surface area contributed by atoms with Gasteiger partial charge in [0, 0.05) is 12.0 Å². The molecule has 3 N–H and O–H groups in total. The molecule has 0 atom stereocenters. The standard InChI is InChI=1S/C17H24N2O3/c20-12-17(9-10-17)11-18-16(21)19-14-7-3-4-8-15(14)22-13-5-1-2-6-13/h3-4,7-8,13,20H,1-2,5-6,9-12H2,(H2,18,19,21). The molecule has 120 valence electrons. The van der Waals surface area contributed by atoms with Gasteiger partial charge < -0.3 is 20.5 Å². The molecular formula is C17H24N2O3. The number of amides is 2.